The van der Waals surface area contributed by atoms with Gasteiger partial charge in [-0.25, -0.2) is 4.98 Å². The number of pyridine rings is 1. The summed E-state index contributed by atoms with van der Waals surface area (Å²) in [5, 5.41) is 3.11. The maximum absolute atomic E-state index is 12.4. The predicted octanol–water partition coefficient (Wildman–Crippen LogP) is 4.44. The molecule has 0 aliphatic heterocycles. The molecule has 1 N–H and O–H groups in total. The van der Waals surface area contributed by atoms with Crippen LogP contribution in [0.1, 0.15) is 33.3 Å². The Morgan fingerprint density at radius 2 is 1.68 bits per heavy atom. The Labute approximate surface area is 112 Å². The van der Waals surface area contributed by atoms with E-state index in [4.69, 9.17) is 0 Å². The Hall–Kier alpha value is -1.26. The molecule has 19 heavy (non-hydrogen) atoms. The lowest BCUT2D eigenvalue weighted by Gasteiger charge is -2.25. The van der Waals surface area contributed by atoms with Crippen LogP contribution in [0, 0.1) is 17.8 Å². The minimum absolute atomic E-state index is 0.462. The molecular formula is C14H21F3N2. The first kappa shape index (κ1) is 15.8. The lowest BCUT2D eigenvalue weighted by molar-refractivity contribution is -0.137. The van der Waals surface area contributed by atoms with Crippen molar-refractivity contribution in [2.45, 2.75) is 33.9 Å². The molecule has 1 aromatic rings. The number of nitrogens with zero attached hydrogens (tertiary/aromatic N) is 1. The van der Waals surface area contributed by atoms with Crippen LogP contribution in [0.3, 0.4) is 0 Å². The van der Waals surface area contributed by atoms with E-state index in [2.05, 4.69) is 38.0 Å². The van der Waals surface area contributed by atoms with Gasteiger partial charge in [0.1, 0.15) is 5.82 Å². The SMILES string of the molecule is CC(C)C(CNc1ccc(C(F)(F)F)cn1)C(C)C. The van der Waals surface area contributed by atoms with E-state index in [1.54, 1.807) is 0 Å². The standard InChI is InChI=1S/C14H21F3N2/c1-9(2)12(10(3)4)8-19-13-6-5-11(7-18-13)14(15,16)17/h5-7,9-10,12H,8H2,1-4H3,(H,18,19). The lowest BCUT2D eigenvalue weighted by atomic mass is 9.85. The van der Waals surface area contributed by atoms with E-state index in [0.717, 1.165) is 12.3 Å². The number of hydrogen-bond donors (Lipinski definition) is 1. The van der Waals surface area contributed by atoms with E-state index >= 15 is 0 Å². The summed E-state index contributed by atoms with van der Waals surface area (Å²) in [4.78, 5) is 3.80. The number of rotatable bonds is 5. The van der Waals surface area contributed by atoms with Crippen LogP contribution in [0.2, 0.25) is 0 Å². The number of hydrogen-bond acceptors (Lipinski definition) is 2. The quantitative estimate of drug-likeness (QED) is 0.858. The highest BCUT2D eigenvalue weighted by Gasteiger charge is 2.30. The van der Waals surface area contributed by atoms with Crippen LogP contribution in [-0.2, 0) is 6.18 Å². The van der Waals surface area contributed by atoms with Crippen molar-refractivity contribution in [2.24, 2.45) is 17.8 Å². The molecule has 0 fully saturated rings. The third-order valence-electron chi connectivity index (χ3n) is 3.32. The van der Waals surface area contributed by atoms with E-state index in [1.165, 1.54) is 6.07 Å². The molecule has 5 heteroatoms. The maximum atomic E-state index is 12.4. The number of anilines is 1. The van der Waals surface area contributed by atoms with Gasteiger partial charge in [-0.05, 0) is 29.9 Å². The van der Waals surface area contributed by atoms with E-state index in [9.17, 15) is 13.2 Å². The molecule has 0 radical (unpaired) electrons. The molecule has 0 bridgehead atoms. The van der Waals surface area contributed by atoms with Crippen molar-refractivity contribution < 1.29 is 13.2 Å². The molecule has 2 nitrogen and oxygen atoms in total. The van der Waals surface area contributed by atoms with Crippen LogP contribution >= 0.6 is 0 Å². The van der Waals surface area contributed by atoms with Crippen molar-refractivity contribution in [1.82, 2.24) is 4.98 Å². The fourth-order valence-corrected chi connectivity index (χ4v) is 2.13. The van der Waals surface area contributed by atoms with Gasteiger partial charge in [-0.15, -0.1) is 0 Å². The van der Waals surface area contributed by atoms with Crippen molar-refractivity contribution in [3.8, 4) is 0 Å². The zero-order valence-electron chi connectivity index (χ0n) is 11.8. The lowest BCUT2D eigenvalue weighted by Crippen LogP contribution is -2.24. The molecule has 0 aromatic carbocycles. The van der Waals surface area contributed by atoms with Gasteiger partial charge in [-0.1, -0.05) is 27.7 Å². The summed E-state index contributed by atoms with van der Waals surface area (Å²) in [6.07, 6.45) is -3.47. The van der Waals surface area contributed by atoms with Crippen LogP contribution in [0.15, 0.2) is 18.3 Å². The van der Waals surface area contributed by atoms with E-state index < -0.39 is 11.7 Å². The van der Waals surface area contributed by atoms with Crippen molar-refractivity contribution in [3.05, 3.63) is 23.9 Å². The molecule has 0 spiro atoms. The fourth-order valence-electron chi connectivity index (χ4n) is 2.13. The van der Waals surface area contributed by atoms with Crippen LogP contribution < -0.4 is 5.32 Å². The van der Waals surface area contributed by atoms with E-state index in [1.807, 2.05) is 0 Å². The van der Waals surface area contributed by atoms with E-state index in [0.29, 0.717) is 30.1 Å². The number of halogens is 3. The number of aromatic nitrogens is 1. The first-order chi connectivity index (χ1) is 8.71. The highest BCUT2D eigenvalue weighted by atomic mass is 19.4. The monoisotopic (exact) mass is 274 g/mol. The van der Waals surface area contributed by atoms with Gasteiger partial charge in [0, 0.05) is 12.7 Å². The van der Waals surface area contributed by atoms with Gasteiger partial charge in [-0.2, -0.15) is 13.2 Å². The molecular weight excluding hydrogens is 253 g/mol. The summed E-state index contributed by atoms with van der Waals surface area (Å²) in [7, 11) is 0. The van der Waals surface area contributed by atoms with Gasteiger partial charge in [0.15, 0.2) is 0 Å². The van der Waals surface area contributed by atoms with Crippen molar-refractivity contribution in [2.75, 3.05) is 11.9 Å². The normalized spacial score (nSPS) is 12.5. The second kappa shape index (κ2) is 6.26. The van der Waals surface area contributed by atoms with Crippen molar-refractivity contribution in [1.29, 1.82) is 0 Å². The molecule has 1 aromatic heterocycles. The van der Waals surface area contributed by atoms with Gasteiger partial charge in [0.2, 0.25) is 0 Å². The fraction of sp³-hybridized carbons (Fsp3) is 0.643. The van der Waals surface area contributed by atoms with Gasteiger partial charge in [0.25, 0.3) is 0 Å². The minimum atomic E-state index is -4.33. The van der Waals surface area contributed by atoms with E-state index in [-0.39, 0.29) is 0 Å². The number of nitrogens with one attached hydrogen (secondary N) is 1. The second-order valence-electron chi connectivity index (χ2n) is 5.46. The first-order valence-corrected chi connectivity index (χ1v) is 6.49. The van der Waals surface area contributed by atoms with Crippen LogP contribution in [0.4, 0.5) is 19.0 Å². The molecule has 0 aliphatic rings. The first-order valence-electron chi connectivity index (χ1n) is 6.49. The summed E-state index contributed by atoms with van der Waals surface area (Å²) < 4.78 is 37.2. The average Bonchev–Trinajstić information content (AvgIpc) is 2.27. The Morgan fingerprint density at radius 1 is 1.11 bits per heavy atom. The predicted molar refractivity (Wildman–Crippen MR) is 70.9 cm³/mol. The zero-order valence-corrected chi connectivity index (χ0v) is 11.8. The maximum Gasteiger partial charge on any atom is 0.417 e. The molecule has 0 saturated carbocycles. The Morgan fingerprint density at radius 3 is 2.05 bits per heavy atom. The van der Waals surface area contributed by atoms with Gasteiger partial charge in [-0.3, -0.25) is 0 Å². The highest BCUT2D eigenvalue weighted by Crippen LogP contribution is 2.29. The van der Waals surface area contributed by atoms with Gasteiger partial charge in [0.05, 0.1) is 5.56 Å². The summed E-state index contributed by atoms with van der Waals surface area (Å²) in [5.41, 5.74) is -0.720. The molecule has 0 saturated heterocycles. The van der Waals surface area contributed by atoms with Crippen LogP contribution in [0.5, 0.6) is 0 Å². The summed E-state index contributed by atoms with van der Waals surface area (Å²) >= 11 is 0. The molecule has 108 valence electrons. The molecule has 0 unspecified atom stereocenters. The zero-order chi connectivity index (χ0) is 14.6. The van der Waals surface area contributed by atoms with Gasteiger partial charge < -0.3 is 5.32 Å². The largest absolute Gasteiger partial charge is 0.417 e. The second-order valence-corrected chi connectivity index (χ2v) is 5.46. The summed E-state index contributed by atoms with van der Waals surface area (Å²) in [6, 6.07) is 2.43. The van der Waals surface area contributed by atoms with Crippen LogP contribution in [-0.4, -0.2) is 11.5 Å². The third kappa shape index (κ3) is 4.73. The molecule has 0 atom stereocenters. The summed E-state index contributed by atoms with van der Waals surface area (Å²) in [6.45, 7) is 9.30. The van der Waals surface area contributed by atoms with Crippen molar-refractivity contribution in [3.63, 3.8) is 0 Å². The topological polar surface area (TPSA) is 24.9 Å². The summed E-state index contributed by atoms with van der Waals surface area (Å²) in [5.74, 6) is 1.98. The number of alkyl halides is 3. The molecule has 1 rings (SSSR count). The smallest absolute Gasteiger partial charge is 0.370 e. The molecule has 0 aliphatic carbocycles. The van der Waals surface area contributed by atoms with Gasteiger partial charge >= 0.3 is 6.18 Å². The Kier molecular flexibility index (Phi) is 5.20. The molecule has 0 amide bonds. The minimum Gasteiger partial charge on any atom is -0.370 e. The highest BCUT2D eigenvalue weighted by molar-refractivity contribution is 5.36. The average molecular weight is 274 g/mol. The van der Waals surface area contributed by atoms with Crippen molar-refractivity contribution >= 4 is 5.82 Å². The Bertz CT molecular complexity index is 375. The third-order valence-corrected chi connectivity index (χ3v) is 3.32. The van der Waals surface area contributed by atoms with Crippen LogP contribution in [0.25, 0.3) is 0 Å². The Balaban J connectivity index is 2.63. The molecule has 1 heterocycles.